The first-order valence-corrected chi connectivity index (χ1v) is 5.28. The topological polar surface area (TPSA) is 77.9 Å². The van der Waals surface area contributed by atoms with Gasteiger partial charge in [-0.2, -0.15) is 0 Å². The molecule has 1 aliphatic carbocycles. The lowest BCUT2D eigenvalue weighted by molar-refractivity contribution is -0.141. The van der Waals surface area contributed by atoms with Gasteiger partial charge in [-0.15, -0.1) is 0 Å². The predicted molar refractivity (Wildman–Crippen MR) is 53.5 cm³/mol. The number of carboxylic acid groups (broad SMARTS) is 1. The van der Waals surface area contributed by atoms with Crippen LogP contribution in [0.4, 0.5) is 0 Å². The Balaban J connectivity index is 2.04. The van der Waals surface area contributed by atoms with E-state index in [1.54, 1.807) is 7.05 Å². The van der Waals surface area contributed by atoms with E-state index in [0.29, 0.717) is 0 Å². The maximum atomic E-state index is 11.9. The molecular formula is C10H14N2O4. The van der Waals surface area contributed by atoms with Gasteiger partial charge < -0.3 is 5.11 Å². The zero-order chi connectivity index (χ0) is 11.9. The number of carbonyl (C=O) groups excluding carboxylic acids is 2. The van der Waals surface area contributed by atoms with Crippen LogP contribution in [0.3, 0.4) is 0 Å². The molecule has 0 aromatic heterocycles. The van der Waals surface area contributed by atoms with Crippen molar-refractivity contribution >= 4 is 17.8 Å². The number of aliphatic carboxylic acids is 1. The molecule has 16 heavy (non-hydrogen) atoms. The van der Waals surface area contributed by atoms with Gasteiger partial charge in [0.2, 0.25) is 11.8 Å². The van der Waals surface area contributed by atoms with Crippen molar-refractivity contribution < 1.29 is 19.5 Å². The second kappa shape index (κ2) is 3.86. The maximum absolute atomic E-state index is 11.9. The molecule has 0 spiro atoms. The molecule has 6 nitrogen and oxygen atoms in total. The molecule has 0 radical (unpaired) electrons. The molecule has 6 heteroatoms. The van der Waals surface area contributed by atoms with Gasteiger partial charge in [0, 0.05) is 6.04 Å². The van der Waals surface area contributed by atoms with Crippen molar-refractivity contribution in [1.29, 1.82) is 0 Å². The Labute approximate surface area is 92.8 Å². The third-order valence-electron chi connectivity index (χ3n) is 2.99. The van der Waals surface area contributed by atoms with Crippen LogP contribution >= 0.6 is 0 Å². The van der Waals surface area contributed by atoms with Gasteiger partial charge in [-0.25, -0.2) is 0 Å². The van der Waals surface area contributed by atoms with Gasteiger partial charge in [-0.05, 0) is 19.9 Å². The van der Waals surface area contributed by atoms with Gasteiger partial charge in [0.15, 0.2) is 0 Å². The normalized spacial score (nSPS) is 25.6. The molecule has 1 aliphatic heterocycles. The number of amides is 2. The first-order valence-electron chi connectivity index (χ1n) is 5.28. The molecule has 2 rings (SSSR count). The molecule has 1 saturated carbocycles. The summed E-state index contributed by atoms with van der Waals surface area (Å²) in [6, 6.07) is -0.521. The van der Waals surface area contributed by atoms with Gasteiger partial charge in [0.25, 0.3) is 0 Å². The van der Waals surface area contributed by atoms with Gasteiger partial charge in [0.1, 0.15) is 0 Å². The SMILES string of the molecule is CN(CC(=O)O)C1CC(=O)N(C2CC2)C1=O. The largest absolute Gasteiger partial charge is 0.480 e. The lowest BCUT2D eigenvalue weighted by Crippen LogP contribution is -2.42. The van der Waals surface area contributed by atoms with Crippen molar-refractivity contribution in [2.45, 2.75) is 31.3 Å². The number of carboxylic acids is 1. The number of likely N-dealkylation sites (N-methyl/N-ethyl adjacent to an activating group) is 1. The molecule has 1 heterocycles. The second-order valence-electron chi connectivity index (χ2n) is 4.36. The Morgan fingerprint density at radius 3 is 2.62 bits per heavy atom. The molecule has 2 fully saturated rings. The standard InChI is InChI=1S/C10H14N2O4/c1-11(5-9(14)15)7-4-8(13)12(10(7)16)6-2-3-6/h6-7H,2-5H2,1H3,(H,14,15). The molecule has 88 valence electrons. The summed E-state index contributed by atoms with van der Waals surface area (Å²) < 4.78 is 0. The molecule has 1 saturated heterocycles. The Kier molecular flexibility index (Phi) is 2.67. The van der Waals surface area contributed by atoms with Crippen molar-refractivity contribution in [3.05, 3.63) is 0 Å². The third-order valence-corrected chi connectivity index (χ3v) is 2.99. The fourth-order valence-corrected chi connectivity index (χ4v) is 2.02. The molecule has 1 unspecified atom stereocenters. The van der Waals surface area contributed by atoms with Crippen LogP contribution in [0.5, 0.6) is 0 Å². The Morgan fingerprint density at radius 2 is 2.12 bits per heavy atom. The number of nitrogens with zero attached hydrogens (tertiary/aromatic N) is 2. The minimum absolute atomic E-state index is 0.0724. The van der Waals surface area contributed by atoms with Crippen LogP contribution in [-0.2, 0) is 14.4 Å². The van der Waals surface area contributed by atoms with Crippen LogP contribution in [0.2, 0.25) is 0 Å². The van der Waals surface area contributed by atoms with Gasteiger partial charge in [0.05, 0.1) is 19.0 Å². The van der Waals surface area contributed by atoms with Crippen LogP contribution < -0.4 is 0 Å². The second-order valence-corrected chi connectivity index (χ2v) is 4.36. The Morgan fingerprint density at radius 1 is 1.50 bits per heavy atom. The number of carbonyl (C=O) groups is 3. The van der Waals surface area contributed by atoms with E-state index in [2.05, 4.69) is 0 Å². The average molecular weight is 226 g/mol. The van der Waals surface area contributed by atoms with Gasteiger partial charge in [-0.3, -0.25) is 24.2 Å². The van der Waals surface area contributed by atoms with E-state index in [4.69, 9.17) is 5.11 Å². The van der Waals surface area contributed by atoms with Crippen molar-refractivity contribution in [2.75, 3.05) is 13.6 Å². The van der Waals surface area contributed by atoms with Crippen LogP contribution in [0, 0.1) is 0 Å². The zero-order valence-electron chi connectivity index (χ0n) is 9.05. The number of hydrogen-bond donors (Lipinski definition) is 1. The molecule has 2 amide bonds. The van der Waals surface area contributed by atoms with Crippen LogP contribution in [0.25, 0.3) is 0 Å². The summed E-state index contributed by atoms with van der Waals surface area (Å²) in [6.07, 6.45) is 1.87. The third kappa shape index (κ3) is 1.92. The van der Waals surface area contributed by atoms with Gasteiger partial charge >= 0.3 is 5.97 Å². The summed E-state index contributed by atoms with van der Waals surface area (Å²) in [5.74, 6) is -1.40. The summed E-state index contributed by atoms with van der Waals surface area (Å²) in [5.41, 5.74) is 0. The summed E-state index contributed by atoms with van der Waals surface area (Å²) in [6.45, 7) is -0.220. The summed E-state index contributed by atoms with van der Waals surface area (Å²) >= 11 is 0. The van der Waals surface area contributed by atoms with Gasteiger partial charge in [-0.1, -0.05) is 0 Å². The minimum atomic E-state index is -0.993. The molecule has 0 aromatic carbocycles. The first kappa shape index (κ1) is 11.1. The van der Waals surface area contributed by atoms with E-state index in [0.717, 1.165) is 12.8 Å². The van der Waals surface area contributed by atoms with E-state index in [-0.39, 0.29) is 30.8 Å². The summed E-state index contributed by atoms with van der Waals surface area (Å²) in [5, 5.41) is 8.63. The molecule has 0 bridgehead atoms. The highest BCUT2D eigenvalue weighted by molar-refractivity contribution is 6.06. The van der Waals surface area contributed by atoms with Crippen LogP contribution in [0.15, 0.2) is 0 Å². The lowest BCUT2D eigenvalue weighted by atomic mass is 10.2. The summed E-state index contributed by atoms with van der Waals surface area (Å²) in [4.78, 5) is 36.7. The highest BCUT2D eigenvalue weighted by Crippen LogP contribution is 2.32. The van der Waals surface area contributed by atoms with E-state index in [1.807, 2.05) is 0 Å². The Hall–Kier alpha value is -1.43. The maximum Gasteiger partial charge on any atom is 0.317 e. The van der Waals surface area contributed by atoms with Crippen molar-refractivity contribution in [3.63, 3.8) is 0 Å². The summed E-state index contributed by atoms with van der Waals surface area (Å²) in [7, 11) is 1.56. The lowest BCUT2D eigenvalue weighted by Gasteiger charge is -2.20. The smallest absolute Gasteiger partial charge is 0.317 e. The molecule has 2 aliphatic rings. The highest BCUT2D eigenvalue weighted by Gasteiger charge is 2.47. The number of rotatable bonds is 4. The van der Waals surface area contributed by atoms with E-state index >= 15 is 0 Å². The fourth-order valence-electron chi connectivity index (χ4n) is 2.02. The minimum Gasteiger partial charge on any atom is -0.480 e. The molecule has 1 N–H and O–H groups in total. The zero-order valence-corrected chi connectivity index (χ0v) is 9.05. The van der Waals surface area contributed by atoms with E-state index < -0.39 is 12.0 Å². The van der Waals surface area contributed by atoms with Crippen molar-refractivity contribution in [1.82, 2.24) is 9.80 Å². The highest BCUT2D eigenvalue weighted by atomic mass is 16.4. The Bertz CT molecular complexity index is 351. The molecule has 1 atom stereocenters. The van der Waals surface area contributed by atoms with Crippen molar-refractivity contribution in [2.24, 2.45) is 0 Å². The number of imide groups is 1. The van der Waals surface area contributed by atoms with E-state index in [9.17, 15) is 14.4 Å². The van der Waals surface area contributed by atoms with Crippen molar-refractivity contribution in [3.8, 4) is 0 Å². The predicted octanol–water partition coefficient (Wildman–Crippen LogP) is -0.707. The van der Waals surface area contributed by atoms with Crippen LogP contribution in [-0.4, -0.2) is 58.4 Å². The fraction of sp³-hybridized carbons (Fsp3) is 0.700. The van der Waals surface area contributed by atoms with Crippen LogP contribution in [0.1, 0.15) is 19.3 Å². The average Bonchev–Trinajstić information content (AvgIpc) is 2.93. The molecular weight excluding hydrogens is 212 g/mol. The quantitative estimate of drug-likeness (QED) is 0.641. The number of likely N-dealkylation sites (tertiary alicyclic amines) is 1. The van der Waals surface area contributed by atoms with E-state index in [1.165, 1.54) is 9.80 Å². The number of hydrogen-bond acceptors (Lipinski definition) is 4. The monoisotopic (exact) mass is 226 g/mol. The molecule has 0 aromatic rings. The first-order chi connectivity index (χ1) is 7.50.